The van der Waals surface area contributed by atoms with Crippen LogP contribution >= 0.6 is 11.3 Å². The number of aromatic nitrogens is 6. The van der Waals surface area contributed by atoms with Crippen LogP contribution in [-0.4, -0.2) is 41.5 Å². The summed E-state index contributed by atoms with van der Waals surface area (Å²) in [6.07, 6.45) is 4.18. The highest BCUT2D eigenvalue weighted by Crippen LogP contribution is 2.36. The van der Waals surface area contributed by atoms with E-state index in [4.69, 9.17) is 4.98 Å². The van der Waals surface area contributed by atoms with Crippen LogP contribution in [0.5, 0.6) is 0 Å². The first-order valence-corrected chi connectivity index (χ1v) is 12.3. The molecule has 8 nitrogen and oxygen atoms in total. The molecule has 0 saturated carbocycles. The Kier molecular flexibility index (Phi) is 5.46. The van der Waals surface area contributed by atoms with Crippen LogP contribution in [-0.2, 0) is 0 Å². The highest BCUT2D eigenvalue weighted by atomic mass is 32.1. The monoisotopic (exact) mass is 499 g/mol. The van der Waals surface area contributed by atoms with Crippen molar-refractivity contribution < 1.29 is 9.50 Å². The molecule has 0 aliphatic carbocycles. The van der Waals surface area contributed by atoms with E-state index in [-0.39, 0.29) is 5.92 Å². The maximum atomic E-state index is 16.0. The molecule has 0 bridgehead atoms. The number of anilines is 1. The molecule has 0 amide bonds. The lowest BCUT2D eigenvalue weighted by atomic mass is 10.0. The van der Waals surface area contributed by atoms with Crippen molar-refractivity contribution in [2.75, 3.05) is 5.32 Å². The maximum Gasteiger partial charge on any atom is 0.159 e. The molecule has 0 spiro atoms. The molecule has 5 aromatic heterocycles. The van der Waals surface area contributed by atoms with Crippen LogP contribution in [0.25, 0.3) is 55.2 Å². The molecule has 0 aliphatic rings. The zero-order chi connectivity index (χ0) is 24.8. The van der Waals surface area contributed by atoms with E-state index in [0.29, 0.717) is 44.8 Å². The molecule has 10 heteroatoms. The molecule has 180 valence electrons. The van der Waals surface area contributed by atoms with E-state index < -0.39 is 12.0 Å². The first kappa shape index (κ1) is 22.3. The average molecular weight is 500 g/mol. The number of nitrogens with zero attached hydrogens (tertiary/aromatic N) is 4. The standard InChI is InChI=1S/C26H22FN7OS/c1-13(2)26(35)30-15-10-14(11-28-12-15)16-5-6-17-20(21(16)27)24(34-33-17)25-31-18-7-8-29-23(22(18)32-25)19-4-3-9-36-19/h3-13,26,30,35H,1-2H3,(H,31,32)(H,33,34). The van der Waals surface area contributed by atoms with Crippen LogP contribution in [0.15, 0.2) is 60.4 Å². The molecule has 0 fully saturated rings. The summed E-state index contributed by atoms with van der Waals surface area (Å²) in [7, 11) is 0. The zero-order valence-electron chi connectivity index (χ0n) is 19.5. The second-order valence-corrected chi connectivity index (χ2v) is 9.78. The number of hydrogen-bond donors (Lipinski definition) is 4. The van der Waals surface area contributed by atoms with Crippen LogP contribution in [0.1, 0.15) is 13.8 Å². The molecular formula is C26H22FN7OS. The Hall–Kier alpha value is -4.15. The third kappa shape index (κ3) is 3.80. The van der Waals surface area contributed by atoms with Gasteiger partial charge >= 0.3 is 0 Å². The van der Waals surface area contributed by atoms with Gasteiger partial charge in [-0.2, -0.15) is 5.10 Å². The number of hydrogen-bond acceptors (Lipinski definition) is 7. The van der Waals surface area contributed by atoms with Gasteiger partial charge in [-0.15, -0.1) is 11.3 Å². The van der Waals surface area contributed by atoms with E-state index in [1.165, 1.54) is 0 Å². The van der Waals surface area contributed by atoms with Gasteiger partial charge in [0.05, 0.1) is 33.2 Å². The SMILES string of the molecule is CC(C)C(O)Nc1cncc(-c2ccc3[nH]nc(-c4nc5c(-c6cccs6)nccc5[nH]4)c3c2F)c1. The third-order valence-corrected chi connectivity index (χ3v) is 6.92. The lowest BCUT2D eigenvalue weighted by Gasteiger charge is -2.17. The quantitative estimate of drug-likeness (QED) is 0.215. The summed E-state index contributed by atoms with van der Waals surface area (Å²) in [5, 5.41) is 22.8. The van der Waals surface area contributed by atoms with E-state index in [9.17, 15) is 5.11 Å². The second kappa shape index (κ2) is 8.81. The number of aliphatic hydroxyl groups excluding tert-OH is 1. The number of benzene rings is 1. The van der Waals surface area contributed by atoms with Crippen molar-refractivity contribution in [2.24, 2.45) is 5.92 Å². The number of aromatic amines is 2. The summed E-state index contributed by atoms with van der Waals surface area (Å²) < 4.78 is 16.0. The molecule has 36 heavy (non-hydrogen) atoms. The number of thiophene rings is 1. The molecule has 4 N–H and O–H groups in total. The van der Waals surface area contributed by atoms with Gasteiger partial charge in [0.15, 0.2) is 5.82 Å². The number of rotatable bonds is 6. The predicted molar refractivity (Wildman–Crippen MR) is 140 cm³/mol. The number of pyridine rings is 2. The van der Waals surface area contributed by atoms with Crippen molar-refractivity contribution in [3.63, 3.8) is 0 Å². The van der Waals surface area contributed by atoms with E-state index in [2.05, 4.69) is 30.5 Å². The van der Waals surface area contributed by atoms with Gasteiger partial charge in [-0.1, -0.05) is 19.9 Å². The van der Waals surface area contributed by atoms with Crippen LogP contribution in [0.3, 0.4) is 0 Å². The van der Waals surface area contributed by atoms with Gasteiger partial charge < -0.3 is 15.4 Å². The molecule has 0 radical (unpaired) electrons. The molecule has 5 heterocycles. The lowest BCUT2D eigenvalue weighted by Crippen LogP contribution is -2.24. The van der Waals surface area contributed by atoms with Gasteiger partial charge in [0.25, 0.3) is 0 Å². The minimum Gasteiger partial charge on any atom is -0.374 e. The topological polar surface area (TPSA) is 115 Å². The van der Waals surface area contributed by atoms with Gasteiger partial charge in [-0.05, 0) is 41.6 Å². The summed E-state index contributed by atoms with van der Waals surface area (Å²) in [6.45, 7) is 3.81. The van der Waals surface area contributed by atoms with E-state index in [1.807, 2.05) is 37.4 Å². The predicted octanol–water partition coefficient (Wildman–Crippen LogP) is 5.82. The summed E-state index contributed by atoms with van der Waals surface area (Å²) in [5.74, 6) is 0.0259. The van der Waals surface area contributed by atoms with Crippen molar-refractivity contribution in [3.8, 4) is 33.2 Å². The number of fused-ring (bicyclic) bond motifs is 2. The molecular weight excluding hydrogens is 477 g/mol. The molecule has 1 aromatic carbocycles. The van der Waals surface area contributed by atoms with Crippen LogP contribution in [0, 0.1) is 11.7 Å². The van der Waals surface area contributed by atoms with Crippen molar-refractivity contribution in [3.05, 3.63) is 66.2 Å². The van der Waals surface area contributed by atoms with E-state index in [0.717, 1.165) is 16.1 Å². The van der Waals surface area contributed by atoms with Crippen molar-refractivity contribution in [1.82, 2.24) is 30.1 Å². The van der Waals surface area contributed by atoms with Gasteiger partial charge in [-0.3, -0.25) is 15.1 Å². The third-order valence-electron chi connectivity index (χ3n) is 6.04. The fourth-order valence-electron chi connectivity index (χ4n) is 4.11. The van der Waals surface area contributed by atoms with Gasteiger partial charge in [0.1, 0.15) is 28.9 Å². The van der Waals surface area contributed by atoms with Crippen LogP contribution in [0.4, 0.5) is 10.1 Å². The molecule has 1 atom stereocenters. The lowest BCUT2D eigenvalue weighted by molar-refractivity contribution is 0.153. The maximum absolute atomic E-state index is 16.0. The first-order valence-electron chi connectivity index (χ1n) is 11.4. The molecule has 0 saturated heterocycles. The second-order valence-electron chi connectivity index (χ2n) is 8.84. The van der Waals surface area contributed by atoms with Gasteiger partial charge in [0.2, 0.25) is 0 Å². The summed E-state index contributed by atoms with van der Waals surface area (Å²) >= 11 is 1.58. The van der Waals surface area contributed by atoms with Crippen LogP contribution < -0.4 is 5.32 Å². The van der Waals surface area contributed by atoms with E-state index in [1.54, 1.807) is 48.1 Å². The van der Waals surface area contributed by atoms with Gasteiger partial charge in [0, 0.05) is 23.5 Å². The van der Waals surface area contributed by atoms with E-state index >= 15 is 4.39 Å². The van der Waals surface area contributed by atoms with Crippen molar-refractivity contribution >= 4 is 39.0 Å². The number of halogens is 1. The Labute approximate surface area is 209 Å². The largest absolute Gasteiger partial charge is 0.374 e. The Balaban J connectivity index is 1.45. The number of nitrogens with one attached hydrogen (secondary N) is 3. The minimum atomic E-state index is -0.739. The Morgan fingerprint density at radius 3 is 2.78 bits per heavy atom. The zero-order valence-corrected chi connectivity index (χ0v) is 20.3. The number of imidazole rings is 1. The fraction of sp³-hybridized carbons (Fsp3) is 0.154. The van der Waals surface area contributed by atoms with Crippen molar-refractivity contribution in [2.45, 2.75) is 20.1 Å². The molecule has 0 aliphatic heterocycles. The number of H-pyrrole nitrogens is 2. The highest BCUT2D eigenvalue weighted by Gasteiger charge is 2.21. The normalized spacial score (nSPS) is 12.6. The fourth-order valence-corrected chi connectivity index (χ4v) is 4.83. The average Bonchev–Trinajstić information content (AvgIpc) is 3.63. The highest BCUT2D eigenvalue weighted by molar-refractivity contribution is 7.13. The van der Waals surface area contributed by atoms with Crippen molar-refractivity contribution in [1.29, 1.82) is 0 Å². The molecule has 6 aromatic rings. The molecule has 6 rings (SSSR count). The summed E-state index contributed by atoms with van der Waals surface area (Å²) in [4.78, 5) is 17.8. The van der Waals surface area contributed by atoms with Gasteiger partial charge in [-0.25, -0.2) is 9.37 Å². The summed E-state index contributed by atoms with van der Waals surface area (Å²) in [5.41, 5.74) is 4.76. The minimum absolute atomic E-state index is 0.00886. The summed E-state index contributed by atoms with van der Waals surface area (Å²) in [6, 6.07) is 11.0. The Bertz CT molecular complexity index is 1690. The Morgan fingerprint density at radius 1 is 1.08 bits per heavy atom. The smallest absolute Gasteiger partial charge is 0.159 e. The first-order chi connectivity index (χ1) is 17.5. The Morgan fingerprint density at radius 2 is 1.97 bits per heavy atom. The number of aliphatic hydroxyl groups is 1. The van der Waals surface area contributed by atoms with Crippen LogP contribution in [0.2, 0.25) is 0 Å². The molecule has 1 unspecified atom stereocenters.